The lowest BCUT2D eigenvalue weighted by molar-refractivity contribution is 0.172. The molecule has 1 saturated carbocycles. The SMILES string of the molecule is CCc1nnc(OC2CCCCCC2)c(CN)c1CC. The van der Waals surface area contributed by atoms with E-state index in [1.165, 1.54) is 31.2 Å². The van der Waals surface area contributed by atoms with Crippen molar-refractivity contribution in [2.24, 2.45) is 5.73 Å². The van der Waals surface area contributed by atoms with E-state index in [0.29, 0.717) is 12.4 Å². The zero-order valence-electron chi connectivity index (χ0n) is 12.8. The highest BCUT2D eigenvalue weighted by Gasteiger charge is 2.19. The molecule has 1 aromatic rings. The predicted octanol–water partition coefficient (Wildman–Crippen LogP) is 3.16. The molecular weight excluding hydrogens is 250 g/mol. The summed E-state index contributed by atoms with van der Waals surface area (Å²) in [7, 11) is 0. The summed E-state index contributed by atoms with van der Waals surface area (Å²) in [5, 5.41) is 8.64. The summed E-state index contributed by atoms with van der Waals surface area (Å²) < 4.78 is 6.15. The van der Waals surface area contributed by atoms with Gasteiger partial charge in [0, 0.05) is 12.1 Å². The fourth-order valence-electron chi connectivity index (χ4n) is 3.05. The van der Waals surface area contributed by atoms with Crippen LogP contribution in [0.3, 0.4) is 0 Å². The molecule has 1 heterocycles. The molecule has 0 bridgehead atoms. The Hall–Kier alpha value is -1.16. The monoisotopic (exact) mass is 277 g/mol. The quantitative estimate of drug-likeness (QED) is 0.840. The topological polar surface area (TPSA) is 61.0 Å². The summed E-state index contributed by atoms with van der Waals surface area (Å²) in [6, 6.07) is 0. The highest BCUT2D eigenvalue weighted by atomic mass is 16.5. The molecule has 20 heavy (non-hydrogen) atoms. The molecular formula is C16H27N3O. The van der Waals surface area contributed by atoms with Gasteiger partial charge in [0.2, 0.25) is 5.88 Å². The number of aromatic nitrogens is 2. The third-order valence-electron chi connectivity index (χ3n) is 4.21. The summed E-state index contributed by atoms with van der Waals surface area (Å²) in [6.45, 7) is 4.73. The van der Waals surface area contributed by atoms with Gasteiger partial charge in [-0.3, -0.25) is 0 Å². The normalized spacial score (nSPS) is 16.9. The van der Waals surface area contributed by atoms with Crippen molar-refractivity contribution in [1.29, 1.82) is 0 Å². The van der Waals surface area contributed by atoms with Crippen molar-refractivity contribution in [3.05, 3.63) is 16.8 Å². The molecule has 0 radical (unpaired) electrons. The fraction of sp³-hybridized carbons (Fsp3) is 0.750. The smallest absolute Gasteiger partial charge is 0.238 e. The number of rotatable bonds is 5. The van der Waals surface area contributed by atoms with Crippen LogP contribution in [-0.2, 0) is 19.4 Å². The molecule has 2 N–H and O–H groups in total. The third-order valence-corrected chi connectivity index (χ3v) is 4.21. The molecule has 0 saturated heterocycles. The summed E-state index contributed by atoms with van der Waals surface area (Å²) in [5.41, 5.74) is 9.28. The van der Waals surface area contributed by atoms with Crippen molar-refractivity contribution in [3.63, 3.8) is 0 Å². The van der Waals surface area contributed by atoms with Crippen LogP contribution in [0.1, 0.15) is 69.2 Å². The molecule has 0 amide bonds. The largest absolute Gasteiger partial charge is 0.473 e. The minimum atomic E-state index is 0.286. The van der Waals surface area contributed by atoms with Crippen molar-refractivity contribution in [2.45, 2.75) is 77.9 Å². The van der Waals surface area contributed by atoms with Crippen LogP contribution < -0.4 is 10.5 Å². The third kappa shape index (κ3) is 3.48. The Labute approximate surface area is 122 Å². The van der Waals surface area contributed by atoms with Gasteiger partial charge < -0.3 is 10.5 Å². The zero-order valence-corrected chi connectivity index (χ0v) is 12.8. The van der Waals surface area contributed by atoms with E-state index in [0.717, 1.165) is 36.9 Å². The van der Waals surface area contributed by atoms with E-state index in [9.17, 15) is 0 Å². The fourth-order valence-corrected chi connectivity index (χ4v) is 3.05. The lowest BCUT2D eigenvalue weighted by Gasteiger charge is -2.20. The van der Waals surface area contributed by atoms with Gasteiger partial charge in [-0.15, -0.1) is 5.10 Å². The average Bonchev–Trinajstić information content (AvgIpc) is 2.75. The number of ether oxygens (including phenoxy) is 1. The highest BCUT2D eigenvalue weighted by molar-refractivity contribution is 5.37. The molecule has 0 aromatic carbocycles. The van der Waals surface area contributed by atoms with Crippen molar-refractivity contribution in [3.8, 4) is 5.88 Å². The van der Waals surface area contributed by atoms with Crippen LogP contribution in [0, 0.1) is 0 Å². The van der Waals surface area contributed by atoms with Gasteiger partial charge in [-0.05, 0) is 44.1 Å². The number of hydrogen-bond donors (Lipinski definition) is 1. The molecule has 4 nitrogen and oxygen atoms in total. The van der Waals surface area contributed by atoms with E-state index in [4.69, 9.17) is 10.5 Å². The van der Waals surface area contributed by atoms with Gasteiger partial charge in [-0.25, -0.2) is 0 Å². The average molecular weight is 277 g/mol. The van der Waals surface area contributed by atoms with Gasteiger partial charge >= 0.3 is 0 Å². The number of hydrogen-bond acceptors (Lipinski definition) is 4. The molecule has 4 heteroatoms. The second-order valence-electron chi connectivity index (χ2n) is 5.55. The van der Waals surface area contributed by atoms with Crippen LogP contribution in [0.4, 0.5) is 0 Å². The zero-order chi connectivity index (χ0) is 14.4. The van der Waals surface area contributed by atoms with Gasteiger partial charge in [0.1, 0.15) is 6.10 Å². The first kappa shape index (κ1) is 15.2. The minimum absolute atomic E-state index is 0.286. The molecule has 1 fully saturated rings. The molecule has 1 aromatic heterocycles. The standard InChI is InChI=1S/C16H27N3O/c1-3-13-14(11-17)16(19-18-15(13)4-2)20-12-9-7-5-6-8-10-12/h12H,3-11,17H2,1-2H3. The van der Waals surface area contributed by atoms with Crippen molar-refractivity contribution >= 4 is 0 Å². The highest BCUT2D eigenvalue weighted by Crippen LogP contribution is 2.26. The lowest BCUT2D eigenvalue weighted by atomic mass is 10.0. The molecule has 1 aliphatic carbocycles. The lowest BCUT2D eigenvalue weighted by Crippen LogP contribution is -2.19. The maximum Gasteiger partial charge on any atom is 0.238 e. The van der Waals surface area contributed by atoms with Gasteiger partial charge in [-0.2, -0.15) is 5.10 Å². The second-order valence-corrected chi connectivity index (χ2v) is 5.55. The first-order valence-electron chi connectivity index (χ1n) is 8.04. The first-order chi connectivity index (χ1) is 9.80. The van der Waals surface area contributed by atoms with Gasteiger partial charge in [0.15, 0.2) is 0 Å². The minimum Gasteiger partial charge on any atom is -0.473 e. The van der Waals surface area contributed by atoms with E-state index in [2.05, 4.69) is 24.0 Å². The molecule has 0 aliphatic heterocycles. The maximum absolute atomic E-state index is 6.15. The Morgan fingerprint density at radius 1 is 1.00 bits per heavy atom. The van der Waals surface area contributed by atoms with Crippen LogP contribution in [-0.4, -0.2) is 16.3 Å². The van der Waals surface area contributed by atoms with Crippen LogP contribution in [0.15, 0.2) is 0 Å². The molecule has 0 unspecified atom stereocenters. The van der Waals surface area contributed by atoms with Crippen molar-refractivity contribution in [2.75, 3.05) is 0 Å². The Morgan fingerprint density at radius 2 is 1.70 bits per heavy atom. The van der Waals surface area contributed by atoms with E-state index < -0.39 is 0 Å². The Kier molecular flexibility index (Phi) is 5.77. The molecule has 112 valence electrons. The van der Waals surface area contributed by atoms with E-state index in [1.807, 2.05) is 0 Å². The Bertz CT molecular complexity index is 426. The van der Waals surface area contributed by atoms with Crippen molar-refractivity contribution in [1.82, 2.24) is 10.2 Å². The summed E-state index contributed by atoms with van der Waals surface area (Å²) in [4.78, 5) is 0. The van der Waals surface area contributed by atoms with Crippen LogP contribution in [0.25, 0.3) is 0 Å². The van der Waals surface area contributed by atoms with E-state index in [1.54, 1.807) is 0 Å². The summed E-state index contributed by atoms with van der Waals surface area (Å²) >= 11 is 0. The van der Waals surface area contributed by atoms with Crippen LogP contribution in [0.2, 0.25) is 0 Å². The van der Waals surface area contributed by atoms with Crippen LogP contribution in [0.5, 0.6) is 5.88 Å². The second kappa shape index (κ2) is 7.58. The number of nitrogens with two attached hydrogens (primary N) is 1. The van der Waals surface area contributed by atoms with Gasteiger partial charge in [-0.1, -0.05) is 26.7 Å². The maximum atomic E-state index is 6.15. The van der Waals surface area contributed by atoms with Gasteiger partial charge in [0.05, 0.1) is 5.69 Å². The first-order valence-corrected chi connectivity index (χ1v) is 8.04. The molecule has 1 aliphatic rings. The molecule has 0 spiro atoms. The van der Waals surface area contributed by atoms with Crippen LogP contribution >= 0.6 is 0 Å². The summed E-state index contributed by atoms with van der Waals surface area (Å²) in [5.74, 6) is 0.674. The number of aryl methyl sites for hydroxylation is 1. The van der Waals surface area contributed by atoms with E-state index >= 15 is 0 Å². The Morgan fingerprint density at radius 3 is 2.25 bits per heavy atom. The summed E-state index contributed by atoms with van der Waals surface area (Å²) in [6.07, 6.45) is 9.53. The predicted molar refractivity (Wildman–Crippen MR) is 80.8 cm³/mol. The number of nitrogens with zero attached hydrogens (tertiary/aromatic N) is 2. The van der Waals surface area contributed by atoms with Gasteiger partial charge in [0.25, 0.3) is 0 Å². The Balaban J connectivity index is 2.21. The molecule has 2 rings (SSSR count). The molecule has 0 atom stereocenters. The van der Waals surface area contributed by atoms with E-state index in [-0.39, 0.29) is 6.10 Å². The van der Waals surface area contributed by atoms with Crippen molar-refractivity contribution < 1.29 is 4.74 Å².